The monoisotopic (exact) mass is 482 g/mol. The zero-order valence-corrected chi connectivity index (χ0v) is 20.6. The van der Waals surface area contributed by atoms with E-state index in [9.17, 15) is 14.4 Å². The third kappa shape index (κ3) is 5.82. The Morgan fingerprint density at radius 1 is 1.03 bits per heavy atom. The molecule has 1 aliphatic rings. The van der Waals surface area contributed by atoms with Gasteiger partial charge in [-0.15, -0.1) is 0 Å². The number of aliphatic carboxylic acids is 1. The smallest absolute Gasteiger partial charge is 0.408 e. The van der Waals surface area contributed by atoms with E-state index >= 15 is 0 Å². The van der Waals surface area contributed by atoms with Gasteiger partial charge in [-0.05, 0) is 42.0 Å². The van der Waals surface area contributed by atoms with Crippen molar-refractivity contribution in [1.82, 2.24) is 10.2 Å². The van der Waals surface area contributed by atoms with E-state index in [1.807, 2.05) is 43.3 Å². The van der Waals surface area contributed by atoms with E-state index in [4.69, 9.17) is 14.6 Å². The highest BCUT2D eigenvalue weighted by atomic mass is 16.5. The predicted molar refractivity (Wildman–Crippen MR) is 132 cm³/mol. The summed E-state index contributed by atoms with van der Waals surface area (Å²) in [5.74, 6) is -1.32. The van der Waals surface area contributed by atoms with Gasteiger partial charge in [0, 0.05) is 32.5 Å². The quantitative estimate of drug-likeness (QED) is 0.473. The second kappa shape index (κ2) is 11.8. The van der Waals surface area contributed by atoms with Gasteiger partial charge in [0.15, 0.2) is 0 Å². The van der Waals surface area contributed by atoms with Crippen LogP contribution in [-0.4, -0.2) is 66.9 Å². The van der Waals surface area contributed by atoms with Gasteiger partial charge < -0.3 is 24.8 Å². The summed E-state index contributed by atoms with van der Waals surface area (Å²) in [6.07, 6.45) is -0.112. The average Bonchev–Trinajstić information content (AvgIpc) is 3.18. The van der Waals surface area contributed by atoms with E-state index in [0.29, 0.717) is 19.4 Å². The number of nitrogens with zero attached hydrogens (tertiary/aromatic N) is 1. The molecule has 2 aromatic carbocycles. The largest absolute Gasteiger partial charge is 0.481 e. The minimum Gasteiger partial charge on any atom is -0.481 e. The standard InChI is InChI=1S/C27H34N2O6/c1-4-27(18-34-3,25(32)29(5-2)16-10-15-24(30)31)28-26(33)35-17-23-21-13-8-6-11-19(21)20-12-7-9-14-22(20)23/h6-9,11-14,23H,4-5,10,15-18H2,1-3H3,(H,28,33)(H,30,31). The first-order valence-electron chi connectivity index (χ1n) is 12.0. The second-order valence-corrected chi connectivity index (χ2v) is 8.70. The van der Waals surface area contributed by atoms with Gasteiger partial charge in [-0.1, -0.05) is 55.5 Å². The van der Waals surface area contributed by atoms with E-state index in [1.54, 1.807) is 11.8 Å². The summed E-state index contributed by atoms with van der Waals surface area (Å²) in [5, 5.41) is 11.7. The highest BCUT2D eigenvalue weighted by Gasteiger charge is 2.42. The summed E-state index contributed by atoms with van der Waals surface area (Å²) in [6, 6.07) is 16.2. The van der Waals surface area contributed by atoms with Crippen LogP contribution in [0.4, 0.5) is 4.79 Å². The number of alkyl carbamates (subject to hydrolysis) is 1. The van der Waals surface area contributed by atoms with Crippen molar-refractivity contribution in [2.75, 3.05) is 33.4 Å². The molecule has 0 spiro atoms. The van der Waals surface area contributed by atoms with Crippen LogP contribution in [0.2, 0.25) is 0 Å². The molecule has 0 aliphatic heterocycles. The van der Waals surface area contributed by atoms with Crippen LogP contribution < -0.4 is 5.32 Å². The maximum Gasteiger partial charge on any atom is 0.408 e. The summed E-state index contributed by atoms with van der Waals surface area (Å²) in [7, 11) is 1.47. The van der Waals surface area contributed by atoms with Crippen molar-refractivity contribution in [1.29, 1.82) is 0 Å². The Balaban J connectivity index is 1.72. The topological polar surface area (TPSA) is 105 Å². The summed E-state index contributed by atoms with van der Waals surface area (Å²) >= 11 is 0. The number of rotatable bonds is 12. The fourth-order valence-corrected chi connectivity index (χ4v) is 4.70. The number of likely N-dealkylation sites (N-methyl/N-ethyl adjacent to an activating group) is 1. The van der Waals surface area contributed by atoms with Gasteiger partial charge in [0.05, 0.1) is 6.61 Å². The van der Waals surface area contributed by atoms with Crippen molar-refractivity contribution in [3.05, 3.63) is 59.7 Å². The van der Waals surface area contributed by atoms with Crippen LogP contribution in [0.1, 0.15) is 50.2 Å². The average molecular weight is 483 g/mol. The van der Waals surface area contributed by atoms with Gasteiger partial charge in [-0.3, -0.25) is 9.59 Å². The van der Waals surface area contributed by atoms with Crippen molar-refractivity contribution in [3.63, 3.8) is 0 Å². The van der Waals surface area contributed by atoms with Crippen molar-refractivity contribution >= 4 is 18.0 Å². The molecule has 0 aromatic heterocycles. The van der Waals surface area contributed by atoms with Crippen LogP contribution >= 0.6 is 0 Å². The normalized spacial score (nSPS) is 13.9. The number of carbonyl (C=O) groups excluding carboxylic acids is 2. The fourth-order valence-electron chi connectivity index (χ4n) is 4.70. The number of hydrogen-bond acceptors (Lipinski definition) is 5. The number of ether oxygens (including phenoxy) is 2. The van der Waals surface area contributed by atoms with Crippen molar-refractivity contribution in [3.8, 4) is 11.1 Å². The summed E-state index contributed by atoms with van der Waals surface area (Å²) in [4.78, 5) is 38.8. The summed E-state index contributed by atoms with van der Waals surface area (Å²) in [6.45, 7) is 4.39. The molecule has 0 bridgehead atoms. The lowest BCUT2D eigenvalue weighted by molar-refractivity contribution is -0.142. The number of nitrogens with one attached hydrogen (secondary N) is 1. The molecule has 0 saturated heterocycles. The van der Waals surface area contributed by atoms with Crippen LogP contribution in [0, 0.1) is 0 Å². The summed E-state index contributed by atoms with van der Waals surface area (Å²) in [5.41, 5.74) is 3.17. The Bertz CT molecular complexity index is 1010. The van der Waals surface area contributed by atoms with Gasteiger partial charge in [0.25, 0.3) is 5.91 Å². The fraction of sp³-hybridized carbons (Fsp3) is 0.444. The number of benzene rings is 2. The number of carboxylic acid groups (broad SMARTS) is 1. The zero-order chi connectivity index (χ0) is 25.4. The van der Waals surface area contributed by atoms with Crippen molar-refractivity contribution in [2.45, 2.75) is 44.6 Å². The van der Waals surface area contributed by atoms with Gasteiger partial charge in [-0.25, -0.2) is 4.79 Å². The lowest BCUT2D eigenvalue weighted by Gasteiger charge is -2.36. The first-order valence-corrected chi connectivity index (χ1v) is 12.0. The van der Waals surface area contributed by atoms with Gasteiger partial charge in [0.1, 0.15) is 12.1 Å². The molecule has 35 heavy (non-hydrogen) atoms. The third-order valence-corrected chi connectivity index (χ3v) is 6.58. The van der Waals surface area contributed by atoms with Crippen LogP contribution in [0.5, 0.6) is 0 Å². The molecular weight excluding hydrogens is 448 g/mol. The molecule has 8 heteroatoms. The number of carboxylic acids is 1. The Labute approximate surface area is 206 Å². The van der Waals surface area contributed by atoms with E-state index < -0.39 is 17.6 Å². The molecule has 0 saturated carbocycles. The predicted octanol–water partition coefficient (Wildman–Crippen LogP) is 4.03. The van der Waals surface area contributed by atoms with E-state index in [0.717, 1.165) is 22.3 Å². The number of carbonyl (C=O) groups is 3. The molecular formula is C27H34N2O6. The molecule has 2 aromatic rings. The van der Waals surface area contributed by atoms with Gasteiger partial charge in [0.2, 0.25) is 0 Å². The molecule has 3 rings (SSSR count). The molecule has 2 amide bonds. The number of methoxy groups -OCH3 is 1. The first kappa shape index (κ1) is 26.2. The molecule has 188 valence electrons. The Morgan fingerprint density at radius 2 is 1.63 bits per heavy atom. The molecule has 0 fully saturated rings. The van der Waals surface area contributed by atoms with Crippen molar-refractivity contribution < 1.29 is 29.0 Å². The summed E-state index contributed by atoms with van der Waals surface area (Å²) < 4.78 is 11.0. The lowest BCUT2D eigenvalue weighted by Crippen LogP contribution is -2.62. The lowest BCUT2D eigenvalue weighted by atomic mass is 9.94. The van der Waals surface area contributed by atoms with Crippen LogP contribution in [0.25, 0.3) is 11.1 Å². The number of fused-ring (bicyclic) bond motifs is 3. The van der Waals surface area contributed by atoms with Crippen LogP contribution in [0.3, 0.4) is 0 Å². The molecule has 1 unspecified atom stereocenters. The Kier molecular flexibility index (Phi) is 8.87. The maximum absolute atomic E-state index is 13.4. The second-order valence-electron chi connectivity index (χ2n) is 8.70. The van der Waals surface area contributed by atoms with Crippen molar-refractivity contribution in [2.24, 2.45) is 0 Å². The molecule has 0 radical (unpaired) electrons. The third-order valence-electron chi connectivity index (χ3n) is 6.58. The zero-order valence-electron chi connectivity index (χ0n) is 20.6. The minimum atomic E-state index is -1.31. The first-order chi connectivity index (χ1) is 16.9. The highest BCUT2D eigenvalue weighted by Crippen LogP contribution is 2.44. The molecule has 2 N–H and O–H groups in total. The SMILES string of the molecule is CCN(CCCC(=O)O)C(=O)C(CC)(COC)NC(=O)OCC1c2ccccc2-c2ccccc21. The maximum atomic E-state index is 13.4. The molecule has 8 nitrogen and oxygen atoms in total. The van der Waals surface area contributed by atoms with E-state index in [2.05, 4.69) is 17.4 Å². The number of hydrogen-bond donors (Lipinski definition) is 2. The molecule has 0 heterocycles. The van der Waals surface area contributed by atoms with E-state index in [-0.39, 0.29) is 38.0 Å². The minimum absolute atomic E-state index is 0.0258. The van der Waals surface area contributed by atoms with Gasteiger partial charge >= 0.3 is 12.1 Å². The number of amides is 2. The Morgan fingerprint density at radius 3 is 2.14 bits per heavy atom. The van der Waals surface area contributed by atoms with Crippen LogP contribution in [0.15, 0.2) is 48.5 Å². The Hall–Kier alpha value is -3.39. The van der Waals surface area contributed by atoms with Crippen LogP contribution in [-0.2, 0) is 19.1 Å². The molecule has 1 atom stereocenters. The van der Waals surface area contributed by atoms with E-state index in [1.165, 1.54) is 7.11 Å². The highest BCUT2D eigenvalue weighted by molar-refractivity contribution is 5.90. The molecule has 1 aliphatic carbocycles. The van der Waals surface area contributed by atoms with Gasteiger partial charge in [-0.2, -0.15) is 0 Å².